The van der Waals surface area contributed by atoms with Crippen molar-refractivity contribution >= 4 is 28.5 Å². The van der Waals surface area contributed by atoms with E-state index in [1.807, 2.05) is 12.1 Å². The second kappa shape index (κ2) is 4.51. The molecule has 0 N–H and O–H groups in total. The summed E-state index contributed by atoms with van der Waals surface area (Å²) < 4.78 is 6.83. The second-order valence-corrected chi connectivity index (χ2v) is 5.31. The molecule has 0 amide bonds. The van der Waals surface area contributed by atoms with Crippen molar-refractivity contribution in [1.82, 2.24) is 0 Å². The summed E-state index contributed by atoms with van der Waals surface area (Å²) in [6, 6.07) is 8.56. The molecule has 1 aromatic carbocycles. The number of ether oxygens (including phenoxy) is 1. The predicted molar refractivity (Wildman–Crippen MR) is 70.3 cm³/mol. The number of rotatable bonds is 2. The van der Waals surface area contributed by atoms with Gasteiger partial charge in [-0.15, -0.1) is 0 Å². The Morgan fingerprint density at radius 2 is 2.27 bits per heavy atom. The summed E-state index contributed by atoms with van der Waals surface area (Å²) in [6.07, 6.45) is 0. The number of nitrogens with zero attached hydrogens (tertiary/aromatic N) is 1. The lowest BCUT2D eigenvalue weighted by Gasteiger charge is -2.06. The first-order valence-corrected chi connectivity index (χ1v) is 6.21. The van der Waals surface area contributed by atoms with Crippen LogP contribution < -0.4 is 0 Å². The molecule has 1 aliphatic rings. The fraction of sp³-hybridized carbons (Fsp3) is 0.417. The quantitative estimate of drug-likeness (QED) is 0.769. The highest BCUT2D eigenvalue weighted by Crippen LogP contribution is 2.18. The SMILES string of the molecule is CC(C)[C@H]1COC(c2cccc(I)c2)=N1. The van der Waals surface area contributed by atoms with Gasteiger partial charge < -0.3 is 4.74 Å². The Labute approximate surface area is 104 Å². The van der Waals surface area contributed by atoms with Gasteiger partial charge in [0.25, 0.3) is 0 Å². The summed E-state index contributed by atoms with van der Waals surface area (Å²) in [5.41, 5.74) is 1.09. The van der Waals surface area contributed by atoms with Gasteiger partial charge in [-0.2, -0.15) is 0 Å². The van der Waals surface area contributed by atoms with E-state index in [0.717, 1.165) is 18.1 Å². The second-order valence-electron chi connectivity index (χ2n) is 4.07. The van der Waals surface area contributed by atoms with E-state index in [0.29, 0.717) is 12.0 Å². The third kappa shape index (κ3) is 2.51. The lowest BCUT2D eigenvalue weighted by Crippen LogP contribution is -2.13. The van der Waals surface area contributed by atoms with Crippen LogP contribution in [0.4, 0.5) is 0 Å². The highest BCUT2D eigenvalue weighted by Gasteiger charge is 2.22. The van der Waals surface area contributed by atoms with Crippen LogP contribution in [0.3, 0.4) is 0 Å². The van der Waals surface area contributed by atoms with Crippen molar-refractivity contribution in [3.63, 3.8) is 0 Å². The zero-order valence-corrected chi connectivity index (χ0v) is 11.1. The molecule has 80 valence electrons. The van der Waals surface area contributed by atoms with Gasteiger partial charge in [-0.1, -0.05) is 19.9 Å². The smallest absolute Gasteiger partial charge is 0.216 e. The average molecular weight is 315 g/mol. The number of hydrogen-bond donors (Lipinski definition) is 0. The Hall–Kier alpha value is -0.580. The van der Waals surface area contributed by atoms with Crippen LogP contribution in [-0.2, 0) is 4.74 Å². The van der Waals surface area contributed by atoms with Crippen LogP contribution in [0.2, 0.25) is 0 Å². The molecular weight excluding hydrogens is 301 g/mol. The van der Waals surface area contributed by atoms with Crippen molar-refractivity contribution in [3.05, 3.63) is 33.4 Å². The maximum atomic E-state index is 5.61. The van der Waals surface area contributed by atoms with Crippen LogP contribution >= 0.6 is 22.6 Å². The fourth-order valence-electron chi connectivity index (χ4n) is 1.51. The summed E-state index contributed by atoms with van der Waals surface area (Å²) in [5, 5.41) is 0. The van der Waals surface area contributed by atoms with Crippen LogP contribution in [0, 0.1) is 9.49 Å². The predicted octanol–water partition coefficient (Wildman–Crippen LogP) is 3.09. The van der Waals surface area contributed by atoms with Gasteiger partial charge in [0.1, 0.15) is 6.61 Å². The molecule has 0 bridgehead atoms. The standard InChI is InChI=1S/C12H14INO/c1-8(2)11-7-15-12(14-11)9-4-3-5-10(13)6-9/h3-6,8,11H,7H2,1-2H3/t11-/m1/s1. The molecule has 1 atom stereocenters. The molecule has 1 aliphatic heterocycles. The van der Waals surface area contributed by atoms with Crippen LogP contribution in [-0.4, -0.2) is 18.5 Å². The lowest BCUT2D eigenvalue weighted by atomic mass is 10.1. The van der Waals surface area contributed by atoms with E-state index in [9.17, 15) is 0 Å². The molecular formula is C12H14INO. The van der Waals surface area contributed by atoms with Gasteiger partial charge in [-0.05, 0) is 46.7 Å². The molecule has 0 unspecified atom stereocenters. The summed E-state index contributed by atoms with van der Waals surface area (Å²) in [7, 11) is 0. The molecule has 3 heteroatoms. The number of aliphatic imine (C=N–C) groups is 1. The summed E-state index contributed by atoms with van der Waals surface area (Å²) in [4.78, 5) is 4.59. The Kier molecular flexibility index (Phi) is 3.29. The Morgan fingerprint density at radius 1 is 1.47 bits per heavy atom. The zero-order chi connectivity index (χ0) is 10.8. The Balaban J connectivity index is 2.22. The maximum Gasteiger partial charge on any atom is 0.216 e. The van der Waals surface area contributed by atoms with E-state index in [1.54, 1.807) is 0 Å². The van der Waals surface area contributed by atoms with Gasteiger partial charge in [0.15, 0.2) is 0 Å². The highest BCUT2D eigenvalue weighted by atomic mass is 127. The van der Waals surface area contributed by atoms with E-state index in [1.165, 1.54) is 3.57 Å². The topological polar surface area (TPSA) is 21.6 Å². The first-order chi connectivity index (χ1) is 7.16. The third-order valence-electron chi connectivity index (χ3n) is 2.52. The van der Waals surface area contributed by atoms with Crippen LogP contribution in [0.15, 0.2) is 29.3 Å². The minimum Gasteiger partial charge on any atom is -0.475 e. The van der Waals surface area contributed by atoms with Crippen molar-refractivity contribution in [1.29, 1.82) is 0 Å². The first-order valence-electron chi connectivity index (χ1n) is 5.13. The number of benzene rings is 1. The van der Waals surface area contributed by atoms with E-state index in [4.69, 9.17) is 4.74 Å². The zero-order valence-electron chi connectivity index (χ0n) is 8.90. The molecule has 0 saturated carbocycles. The fourth-order valence-corrected chi connectivity index (χ4v) is 2.05. The normalized spacial score (nSPS) is 20.3. The summed E-state index contributed by atoms with van der Waals surface area (Å²) in [6.45, 7) is 5.07. The van der Waals surface area contributed by atoms with E-state index in [2.05, 4.69) is 53.6 Å². The molecule has 0 aliphatic carbocycles. The number of hydrogen-bond acceptors (Lipinski definition) is 2. The van der Waals surface area contributed by atoms with E-state index >= 15 is 0 Å². The minimum absolute atomic E-state index is 0.317. The molecule has 2 nitrogen and oxygen atoms in total. The molecule has 0 fully saturated rings. The van der Waals surface area contributed by atoms with Crippen molar-refractivity contribution in [2.24, 2.45) is 10.9 Å². The van der Waals surface area contributed by atoms with Crippen LogP contribution in [0.5, 0.6) is 0 Å². The highest BCUT2D eigenvalue weighted by molar-refractivity contribution is 14.1. The molecule has 15 heavy (non-hydrogen) atoms. The monoisotopic (exact) mass is 315 g/mol. The largest absolute Gasteiger partial charge is 0.475 e. The van der Waals surface area contributed by atoms with E-state index in [-0.39, 0.29) is 0 Å². The van der Waals surface area contributed by atoms with Gasteiger partial charge in [-0.25, -0.2) is 4.99 Å². The van der Waals surface area contributed by atoms with Gasteiger partial charge in [-0.3, -0.25) is 0 Å². The Bertz CT molecular complexity index is 387. The van der Waals surface area contributed by atoms with Crippen molar-refractivity contribution in [2.75, 3.05) is 6.61 Å². The summed E-state index contributed by atoms with van der Waals surface area (Å²) >= 11 is 2.30. The van der Waals surface area contributed by atoms with Crippen molar-refractivity contribution < 1.29 is 4.74 Å². The summed E-state index contributed by atoms with van der Waals surface area (Å²) in [5.74, 6) is 1.34. The van der Waals surface area contributed by atoms with Gasteiger partial charge >= 0.3 is 0 Å². The lowest BCUT2D eigenvalue weighted by molar-refractivity contribution is 0.292. The van der Waals surface area contributed by atoms with E-state index < -0.39 is 0 Å². The van der Waals surface area contributed by atoms with Crippen molar-refractivity contribution in [2.45, 2.75) is 19.9 Å². The van der Waals surface area contributed by atoms with Crippen LogP contribution in [0.1, 0.15) is 19.4 Å². The molecule has 0 radical (unpaired) electrons. The number of halogens is 1. The average Bonchev–Trinajstić information content (AvgIpc) is 2.66. The Morgan fingerprint density at radius 3 is 2.87 bits per heavy atom. The van der Waals surface area contributed by atoms with Crippen LogP contribution in [0.25, 0.3) is 0 Å². The first kappa shape index (κ1) is 10.9. The molecule has 1 heterocycles. The minimum atomic E-state index is 0.317. The van der Waals surface area contributed by atoms with Gasteiger partial charge in [0.2, 0.25) is 5.90 Å². The van der Waals surface area contributed by atoms with Crippen molar-refractivity contribution in [3.8, 4) is 0 Å². The van der Waals surface area contributed by atoms with Gasteiger partial charge in [0.05, 0.1) is 6.04 Å². The van der Waals surface area contributed by atoms with Gasteiger partial charge in [0, 0.05) is 9.13 Å². The molecule has 1 aromatic rings. The molecule has 2 rings (SSSR count). The molecule has 0 aromatic heterocycles. The maximum absolute atomic E-state index is 5.61. The molecule has 0 spiro atoms. The third-order valence-corrected chi connectivity index (χ3v) is 3.19. The molecule has 0 saturated heterocycles.